The molecule has 0 saturated heterocycles. The smallest absolute Gasteiger partial charge is 0.472 e. The molecule has 0 fully saturated rings. The Hall–Kier alpha value is -4.12. The first kappa shape index (κ1) is 55.9. The van der Waals surface area contributed by atoms with Gasteiger partial charge < -0.3 is 25.2 Å². The van der Waals surface area contributed by atoms with Crippen LogP contribution in [-0.2, 0) is 37.5 Å². The zero-order valence-corrected chi connectivity index (χ0v) is 37.1. The average Bonchev–Trinajstić information content (AvgIpc) is 3.22. The highest BCUT2D eigenvalue weighted by atomic mass is 31.2. The molecule has 0 rings (SSSR count). The molecule has 4 N–H and O–H groups in total. The van der Waals surface area contributed by atoms with Gasteiger partial charge in [-0.25, -0.2) is 4.57 Å². The molecule has 336 valence electrons. The SMILES string of the molecule is CC/C=C\C/C=C\C/C=C\C/C=C\C/C=C\CCCCCC(=O)O[C@H](COC(=O)CCC/C=C\C/C=C\C/C=C\C/C=C\C/C=C\CC)COP(=O)(O)OC[C@H](N)C(=O)O. The van der Waals surface area contributed by atoms with Crippen LogP contribution in [0.4, 0.5) is 0 Å². The van der Waals surface area contributed by atoms with Crippen molar-refractivity contribution in [1.82, 2.24) is 0 Å². The van der Waals surface area contributed by atoms with Crippen LogP contribution < -0.4 is 5.73 Å². The molecule has 60 heavy (non-hydrogen) atoms. The Balaban J connectivity index is 4.56. The van der Waals surface area contributed by atoms with Crippen molar-refractivity contribution in [1.29, 1.82) is 0 Å². The molecule has 0 heterocycles. The van der Waals surface area contributed by atoms with E-state index in [2.05, 4.69) is 128 Å². The topological polar surface area (TPSA) is 172 Å². The number of hydrogen-bond acceptors (Lipinski definition) is 9. The van der Waals surface area contributed by atoms with Crippen molar-refractivity contribution in [3.8, 4) is 0 Å². The molecule has 12 heteroatoms. The number of carboxylic acid groups (broad SMARTS) is 1. The monoisotopic (exact) mass is 856 g/mol. The van der Waals surface area contributed by atoms with Gasteiger partial charge >= 0.3 is 25.7 Å². The summed E-state index contributed by atoms with van der Waals surface area (Å²) in [6.45, 7) is 2.45. The number of ether oxygens (including phenoxy) is 2. The summed E-state index contributed by atoms with van der Waals surface area (Å²) in [5.41, 5.74) is 5.33. The number of phosphoric acid groups is 1. The van der Waals surface area contributed by atoms with E-state index in [1.807, 2.05) is 12.2 Å². The minimum atomic E-state index is -4.75. The summed E-state index contributed by atoms with van der Waals surface area (Å²) in [7, 11) is -4.75. The predicted molar refractivity (Wildman–Crippen MR) is 244 cm³/mol. The summed E-state index contributed by atoms with van der Waals surface area (Å²) in [4.78, 5) is 46.0. The molecule has 3 atom stereocenters. The van der Waals surface area contributed by atoms with Gasteiger partial charge in [0.05, 0.1) is 13.2 Å². The van der Waals surface area contributed by atoms with E-state index >= 15 is 0 Å². The van der Waals surface area contributed by atoms with Crippen molar-refractivity contribution in [2.24, 2.45) is 5.73 Å². The Kier molecular flexibility index (Phi) is 38.8. The molecule has 0 aliphatic rings. The maximum absolute atomic E-state index is 12.6. The Morgan fingerprint density at radius 3 is 1.33 bits per heavy atom. The van der Waals surface area contributed by atoms with Crippen molar-refractivity contribution in [2.75, 3.05) is 19.8 Å². The lowest BCUT2D eigenvalue weighted by atomic mass is 10.1. The summed E-state index contributed by atoms with van der Waals surface area (Å²) in [6, 6.07) is -1.54. The molecule has 0 aliphatic carbocycles. The average molecular weight is 856 g/mol. The van der Waals surface area contributed by atoms with E-state index in [9.17, 15) is 23.8 Å². The molecule has 1 unspecified atom stereocenters. The Bertz CT molecular complexity index is 1470. The summed E-state index contributed by atoms with van der Waals surface area (Å²) >= 11 is 0. The Labute approximate surface area is 360 Å². The van der Waals surface area contributed by atoms with E-state index in [0.717, 1.165) is 83.5 Å². The van der Waals surface area contributed by atoms with Crippen LogP contribution in [0.2, 0.25) is 0 Å². The number of hydrogen-bond donors (Lipinski definition) is 3. The summed E-state index contributed by atoms with van der Waals surface area (Å²) < 4.78 is 32.6. The lowest BCUT2D eigenvalue weighted by molar-refractivity contribution is -0.161. The standard InChI is InChI=1S/C48H74NO10P/c1-3-5-7-9-11-13-15-17-19-21-22-24-26-28-30-32-34-36-38-40-47(51)59-44(42-57-60(54,55)58-43-45(49)48(52)53)41-56-46(50)39-37-35-33-31-29-27-25-23-20-18-16-14-12-10-8-6-4-2/h5-8,11-14,17-20,22,24-25,27-28,30-31,33,44-45H,3-4,9-10,15-16,21,23,26,29,32,34-43,49H2,1-2H3,(H,52,53)(H,54,55)/b7-5-,8-6-,13-11-,14-12-,19-17-,20-18-,24-22-,27-25-,30-28-,33-31-/t44-,45+/m1/s1. The van der Waals surface area contributed by atoms with Gasteiger partial charge in [-0.05, 0) is 96.3 Å². The fourth-order valence-electron chi connectivity index (χ4n) is 4.89. The van der Waals surface area contributed by atoms with Crippen LogP contribution in [0.3, 0.4) is 0 Å². The van der Waals surface area contributed by atoms with Crippen LogP contribution in [0.1, 0.15) is 129 Å². The van der Waals surface area contributed by atoms with Crippen LogP contribution in [-0.4, -0.2) is 59.9 Å². The lowest BCUT2D eigenvalue weighted by Crippen LogP contribution is -2.34. The zero-order valence-electron chi connectivity index (χ0n) is 36.2. The highest BCUT2D eigenvalue weighted by molar-refractivity contribution is 7.47. The minimum absolute atomic E-state index is 0.101. The maximum Gasteiger partial charge on any atom is 0.472 e. The summed E-state index contributed by atoms with van der Waals surface area (Å²) in [5, 5.41) is 8.89. The van der Waals surface area contributed by atoms with Crippen LogP contribution in [0, 0.1) is 0 Å². The fraction of sp³-hybridized carbons (Fsp3) is 0.521. The van der Waals surface area contributed by atoms with Crippen molar-refractivity contribution in [2.45, 2.75) is 142 Å². The number of carbonyl (C=O) groups excluding carboxylic acids is 2. The first-order valence-corrected chi connectivity index (χ1v) is 23.1. The minimum Gasteiger partial charge on any atom is -0.480 e. The second-order valence-electron chi connectivity index (χ2n) is 13.7. The van der Waals surface area contributed by atoms with E-state index in [0.29, 0.717) is 19.3 Å². The Morgan fingerprint density at radius 2 is 0.900 bits per heavy atom. The van der Waals surface area contributed by atoms with E-state index in [4.69, 9.17) is 24.8 Å². The van der Waals surface area contributed by atoms with E-state index in [-0.39, 0.29) is 12.8 Å². The third-order valence-electron chi connectivity index (χ3n) is 8.21. The van der Waals surface area contributed by atoms with Gasteiger partial charge in [0.15, 0.2) is 6.10 Å². The van der Waals surface area contributed by atoms with Gasteiger partial charge in [0.2, 0.25) is 0 Å². The molecule has 11 nitrogen and oxygen atoms in total. The summed E-state index contributed by atoms with van der Waals surface area (Å²) in [6.07, 6.45) is 55.6. The number of allylic oxidation sites excluding steroid dienone is 20. The third kappa shape index (κ3) is 40.7. The first-order chi connectivity index (χ1) is 29.1. The maximum atomic E-state index is 12.6. The number of nitrogens with two attached hydrogens (primary N) is 1. The molecule has 0 saturated carbocycles. The quantitative estimate of drug-likeness (QED) is 0.0233. The molecule has 0 aromatic carbocycles. The second-order valence-corrected chi connectivity index (χ2v) is 15.2. The number of phosphoric ester groups is 1. The van der Waals surface area contributed by atoms with Gasteiger partial charge in [0.1, 0.15) is 12.6 Å². The molecular weight excluding hydrogens is 781 g/mol. The number of carbonyl (C=O) groups is 3. The van der Waals surface area contributed by atoms with Gasteiger partial charge in [-0.15, -0.1) is 0 Å². The van der Waals surface area contributed by atoms with Crippen molar-refractivity contribution in [3.63, 3.8) is 0 Å². The van der Waals surface area contributed by atoms with Crippen LogP contribution >= 0.6 is 7.82 Å². The van der Waals surface area contributed by atoms with Crippen molar-refractivity contribution in [3.05, 3.63) is 122 Å². The van der Waals surface area contributed by atoms with Crippen LogP contribution in [0.15, 0.2) is 122 Å². The molecule has 0 aromatic rings. The van der Waals surface area contributed by atoms with Crippen LogP contribution in [0.5, 0.6) is 0 Å². The number of rotatable bonds is 38. The first-order valence-electron chi connectivity index (χ1n) is 21.6. The molecule has 0 aliphatic heterocycles. The zero-order chi connectivity index (χ0) is 44.2. The van der Waals surface area contributed by atoms with E-state index < -0.39 is 57.7 Å². The third-order valence-corrected chi connectivity index (χ3v) is 9.16. The number of aliphatic carboxylic acids is 1. The fourth-order valence-corrected chi connectivity index (χ4v) is 5.67. The molecule has 0 amide bonds. The predicted octanol–water partition coefficient (Wildman–Crippen LogP) is 11.6. The van der Waals surface area contributed by atoms with Crippen molar-refractivity contribution >= 4 is 25.7 Å². The number of esters is 2. The number of carboxylic acids is 1. The van der Waals surface area contributed by atoms with E-state index in [1.54, 1.807) is 0 Å². The van der Waals surface area contributed by atoms with E-state index in [1.165, 1.54) is 0 Å². The molecule has 0 bridgehead atoms. The molecule has 0 radical (unpaired) electrons. The van der Waals surface area contributed by atoms with Gasteiger partial charge in [-0.2, -0.15) is 0 Å². The van der Waals surface area contributed by atoms with Gasteiger partial charge in [-0.1, -0.05) is 142 Å². The molecule has 0 aromatic heterocycles. The Morgan fingerprint density at radius 1 is 0.517 bits per heavy atom. The second kappa shape index (κ2) is 41.6. The largest absolute Gasteiger partial charge is 0.480 e. The highest BCUT2D eigenvalue weighted by Gasteiger charge is 2.28. The lowest BCUT2D eigenvalue weighted by Gasteiger charge is -2.20. The van der Waals surface area contributed by atoms with Crippen molar-refractivity contribution < 1.29 is 47.5 Å². The normalized spacial score (nSPS) is 14.9. The molecular formula is C48H74NO10P. The number of unbranched alkanes of at least 4 members (excludes halogenated alkanes) is 4. The van der Waals surface area contributed by atoms with Crippen LogP contribution in [0.25, 0.3) is 0 Å². The summed E-state index contributed by atoms with van der Waals surface area (Å²) in [5.74, 6) is -2.52. The van der Waals surface area contributed by atoms with Gasteiger partial charge in [0.25, 0.3) is 0 Å². The molecule has 0 spiro atoms. The highest BCUT2D eigenvalue weighted by Crippen LogP contribution is 2.43. The van der Waals surface area contributed by atoms with Gasteiger partial charge in [-0.3, -0.25) is 23.4 Å². The van der Waals surface area contributed by atoms with Gasteiger partial charge in [0, 0.05) is 12.8 Å².